The average molecular weight is 397 g/mol. The van der Waals surface area contributed by atoms with Crippen LogP contribution in [0.1, 0.15) is 0 Å². The van der Waals surface area contributed by atoms with E-state index < -0.39 is 37.5 Å². The summed E-state index contributed by atoms with van der Waals surface area (Å²) >= 11 is 1.14. The number of benzene rings is 2. The number of halogens is 1. The Bertz CT molecular complexity index is 971. The Labute approximate surface area is 154 Å². The van der Waals surface area contributed by atoms with E-state index in [0.29, 0.717) is 17.6 Å². The van der Waals surface area contributed by atoms with Crippen molar-refractivity contribution in [1.29, 1.82) is 0 Å². The lowest BCUT2D eigenvalue weighted by molar-refractivity contribution is -0.401. The second kappa shape index (κ2) is 7.25. The van der Waals surface area contributed by atoms with Gasteiger partial charge < -0.3 is 17.7 Å². The second-order valence-corrected chi connectivity index (χ2v) is 5.77. The molecule has 0 saturated carbocycles. The number of rotatable bonds is 5. The number of anilines is 2. The van der Waals surface area contributed by atoms with E-state index in [2.05, 4.69) is 10.3 Å². The van der Waals surface area contributed by atoms with E-state index in [4.69, 9.17) is 0 Å². The fourth-order valence-corrected chi connectivity index (χ4v) is 3.02. The predicted octanol–water partition coefficient (Wildman–Crippen LogP) is 0.768. The molecule has 3 rings (SSSR count). The smallest absolute Gasteiger partial charge is 0.306 e. The first-order valence-electron chi connectivity index (χ1n) is 6.60. The van der Waals surface area contributed by atoms with Crippen LogP contribution in [-0.2, 0) is 0 Å². The first-order valence-corrected chi connectivity index (χ1v) is 7.42. The average Bonchev–Trinajstić information content (AvgIpc) is 2.96. The molecule has 1 heterocycles. The van der Waals surface area contributed by atoms with E-state index >= 15 is 0 Å². The van der Waals surface area contributed by atoms with Gasteiger partial charge in [0.1, 0.15) is 0 Å². The van der Waals surface area contributed by atoms with Crippen LogP contribution in [0.3, 0.4) is 0 Å². The third kappa shape index (κ3) is 3.50. The summed E-state index contributed by atoms with van der Waals surface area (Å²) in [5.41, 5.74) is -2.14. The van der Waals surface area contributed by atoms with Crippen molar-refractivity contribution in [2.24, 2.45) is 0 Å². The quantitative estimate of drug-likeness (QED) is 0.489. The number of thiazole rings is 1. The maximum Gasteiger partial charge on any atom is 0.306 e. The first-order chi connectivity index (χ1) is 11.9. The van der Waals surface area contributed by atoms with Crippen molar-refractivity contribution in [1.82, 2.24) is 4.98 Å². The van der Waals surface area contributed by atoms with Gasteiger partial charge in [-0.05, 0) is 12.1 Å². The minimum atomic E-state index is -0.929. The Morgan fingerprint density at radius 1 is 0.923 bits per heavy atom. The van der Waals surface area contributed by atoms with Crippen molar-refractivity contribution in [3.63, 3.8) is 0 Å². The predicted molar refractivity (Wildman–Crippen MR) is 89.3 cm³/mol. The van der Waals surface area contributed by atoms with Crippen molar-refractivity contribution in [3.8, 4) is 0 Å². The number of para-hydroxylation sites is 1. The van der Waals surface area contributed by atoms with Gasteiger partial charge in [0.05, 0.1) is 37.1 Å². The van der Waals surface area contributed by atoms with Gasteiger partial charge in [-0.25, -0.2) is 4.98 Å². The van der Waals surface area contributed by atoms with Crippen molar-refractivity contribution in [2.75, 3.05) is 5.32 Å². The monoisotopic (exact) mass is 396 g/mol. The molecular weight excluding hydrogens is 390 g/mol. The molecule has 0 bridgehead atoms. The van der Waals surface area contributed by atoms with Gasteiger partial charge in [0.2, 0.25) is 0 Å². The van der Waals surface area contributed by atoms with Gasteiger partial charge in [-0.3, -0.25) is 30.3 Å². The number of nitro benzene ring substituents is 3. The number of hydrogen-bond acceptors (Lipinski definition) is 9. The SMILES string of the molecule is O=[N+]([O-])c1cc([N+](=O)[O-])c(Nc2nc3ccccc3s2)c([N+](=O)[O-])c1.[Cl-]. The Morgan fingerprint density at radius 3 is 2.00 bits per heavy atom. The molecule has 26 heavy (non-hydrogen) atoms. The zero-order valence-electron chi connectivity index (χ0n) is 12.5. The number of aromatic nitrogens is 1. The van der Waals surface area contributed by atoms with Crippen molar-refractivity contribution >= 4 is 49.4 Å². The van der Waals surface area contributed by atoms with Gasteiger partial charge in [0.25, 0.3) is 5.69 Å². The third-order valence-electron chi connectivity index (χ3n) is 3.21. The molecule has 3 aromatic rings. The Hall–Kier alpha value is -3.38. The Morgan fingerprint density at radius 2 is 1.50 bits per heavy atom. The molecule has 13 heteroatoms. The number of non-ortho nitro benzene ring substituents is 1. The summed E-state index contributed by atoms with van der Waals surface area (Å²) in [4.78, 5) is 34.8. The van der Waals surface area contributed by atoms with E-state index in [9.17, 15) is 30.3 Å². The molecule has 0 aliphatic heterocycles. The summed E-state index contributed by atoms with van der Waals surface area (Å²) in [5, 5.41) is 36.1. The number of hydrogen-bond donors (Lipinski definition) is 1. The van der Waals surface area contributed by atoms with Crippen molar-refractivity contribution in [2.45, 2.75) is 0 Å². The minimum absolute atomic E-state index is 0. The normalized spacial score (nSPS) is 10.2. The molecule has 1 N–H and O–H groups in total. The maximum absolute atomic E-state index is 11.2. The van der Waals surface area contributed by atoms with Crippen LogP contribution in [0.25, 0.3) is 10.2 Å². The number of nitrogens with one attached hydrogen (secondary N) is 1. The highest BCUT2D eigenvalue weighted by molar-refractivity contribution is 7.22. The van der Waals surface area contributed by atoms with Crippen LogP contribution < -0.4 is 17.7 Å². The lowest BCUT2D eigenvalue weighted by Gasteiger charge is -2.05. The lowest BCUT2D eigenvalue weighted by Crippen LogP contribution is -3.00. The van der Waals surface area contributed by atoms with E-state index in [1.807, 2.05) is 0 Å². The van der Waals surface area contributed by atoms with Crippen LogP contribution >= 0.6 is 11.3 Å². The molecule has 0 spiro atoms. The summed E-state index contributed by atoms with van der Waals surface area (Å²) in [6, 6.07) is 8.36. The van der Waals surface area contributed by atoms with E-state index in [1.165, 1.54) is 0 Å². The van der Waals surface area contributed by atoms with Gasteiger partial charge in [-0.1, -0.05) is 23.5 Å². The van der Waals surface area contributed by atoms with Gasteiger partial charge >= 0.3 is 11.4 Å². The molecular formula is C13H7ClN5O6S-. The highest BCUT2D eigenvalue weighted by Gasteiger charge is 2.31. The summed E-state index contributed by atoms with van der Waals surface area (Å²) < 4.78 is 0.775. The highest BCUT2D eigenvalue weighted by atomic mass is 35.5. The molecule has 134 valence electrons. The van der Waals surface area contributed by atoms with Gasteiger partial charge in [-0.15, -0.1) is 0 Å². The summed E-state index contributed by atoms with van der Waals surface area (Å²) in [7, 11) is 0. The minimum Gasteiger partial charge on any atom is -1.00 e. The van der Waals surface area contributed by atoms with Crippen LogP contribution in [0, 0.1) is 30.3 Å². The molecule has 0 radical (unpaired) electrons. The van der Waals surface area contributed by atoms with Crippen LogP contribution in [0.15, 0.2) is 36.4 Å². The van der Waals surface area contributed by atoms with Crippen LogP contribution in [0.2, 0.25) is 0 Å². The zero-order valence-corrected chi connectivity index (χ0v) is 14.1. The fourth-order valence-electron chi connectivity index (χ4n) is 2.15. The van der Waals surface area contributed by atoms with Crippen molar-refractivity contribution in [3.05, 3.63) is 66.7 Å². The standard InChI is InChI=1S/C13H7N5O6S.ClH/c19-16(20)7-5-9(17(21)22)12(10(6-7)18(23)24)15-13-14-8-3-1-2-4-11(8)25-13;/h1-6H,(H,14,15);1H/p-1. The molecule has 2 aromatic carbocycles. The van der Waals surface area contributed by atoms with Crippen molar-refractivity contribution < 1.29 is 27.2 Å². The third-order valence-corrected chi connectivity index (χ3v) is 4.16. The van der Waals surface area contributed by atoms with E-state index in [-0.39, 0.29) is 17.5 Å². The lowest BCUT2D eigenvalue weighted by atomic mass is 10.2. The highest BCUT2D eigenvalue weighted by Crippen LogP contribution is 2.41. The summed E-state index contributed by atoms with van der Waals surface area (Å²) in [5.74, 6) is 0. The van der Waals surface area contributed by atoms with Gasteiger partial charge in [-0.2, -0.15) is 0 Å². The van der Waals surface area contributed by atoms with Crippen LogP contribution in [0.5, 0.6) is 0 Å². The first kappa shape index (κ1) is 19.0. The topological polar surface area (TPSA) is 154 Å². The van der Waals surface area contributed by atoms with Gasteiger partial charge in [0.15, 0.2) is 10.8 Å². The Kier molecular flexibility index (Phi) is 5.28. The largest absolute Gasteiger partial charge is 1.00 e. The molecule has 1 aromatic heterocycles. The van der Waals surface area contributed by atoms with Gasteiger partial charge in [0, 0.05) is 0 Å². The molecule has 0 aliphatic carbocycles. The van der Waals surface area contributed by atoms with E-state index in [1.54, 1.807) is 24.3 Å². The number of fused-ring (bicyclic) bond motifs is 1. The Balaban J connectivity index is 0.00000243. The zero-order chi connectivity index (χ0) is 18.1. The summed E-state index contributed by atoms with van der Waals surface area (Å²) in [6.45, 7) is 0. The maximum atomic E-state index is 11.2. The molecule has 0 atom stereocenters. The van der Waals surface area contributed by atoms with Crippen LogP contribution in [0.4, 0.5) is 27.9 Å². The molecule has 0 fully saturated rings. The molecule has 0 amide bonds. The van der Waals surface area contributed by atoms with E-state index in [0.717, 1.165) is 16.0 Å². The number of nitrogens with zero attached hydrogens (tertiary/aromatic N) is 4. The molecule has 0 saturated heterocycles. The second-order valence-electron chi connectivity index (χ2n) is 4.74. The summed E-state index contributed by atoms with van der Waals surface area (Å²) in [6.07, 6.45) is 0. The van der Waals surface area contributed by atoms with Crippen LogP contribution in [-0.4, -0.2) is 19.8 Å². The number of nitro groups is 3. The molecule has 0 aliphatic rings. The fraction of sp³-hybridized carbons (Fsp3) is 0. The molecule has 0 unspecified atom stereocenters. The molecule has 11 nitrogen and oxygen atoms in total.